The highest BCUT2D eigenvalue weighted by atomic mass is 32.2. The van der Waals surface area contributed by atoms with Gasteiger partial charge in [0, 0.05) is 31.7 Å². The molecule has 152 valence electrons. The number of hydrogen-bond acceptors (Lipinski definition) is 3. The maximum atomic E-state index is 14.2. The van der Waals surface area contributed by atoms with E-state index in [1.165, 1.54) is 14.7 Å². The third kappa shape index (κ3) is 5.10. The molecule has 0 saturated carbocycles. The molecule has 2 aromatic carbocycles. The molecule has 0 atom stereocenters. The molecular weight excluding hydrogens is 379 g/mol. The molecule has 1 aliphatic heterocycles. The van der Waals surface area contributed by atoms with Crippen molar-refractivity contribution in [2.24, 2.45) is 0 Å². The molecule has 7 heteroatoms. The molecule has 0 radical (unpaired) electrons. The summed E-state index contributed by atoms with van der Waals surface area (Å²) in [5.74, 6) is 0.374. The van der Waals surface area contributed by atoms with E-state index in [0.717, 1.165) is 30.6 Å². The molecule has 1 fully saturated rings. The number of nitrogens with zero attached hydrogens (tertiary/aromatic N) is 2. The molecule has 28 heavy (non-hydrogen) atoms. The highest BCUT2D eigenvalue weighted by Crippen LogP contribution is 2.21. The number of hydrogen-bond donors (Lipinski definition) is 0. The van der Waals surface area contributed by atoms with Crippen molar-refractivity contribution >= 4 is 10.2 Å². The van der Waals surface area contributed by atoms with Crippen LogP contribution in [0.5, 0.6) is 5.75 Å². The Morgan fingerprint density at radius 2 is 1.71 bits per heavy atom. The van der Waals surface area contributed by atoms with Crippen LogP contribution in [-0.4, -0.2) is 43.8 Å². The number of halogens is 1. The molecule has 5 nitrogen and oxygen atoms in total. The summed E-state index contributed by atoms with van der Waals surface area (Å²) in [7, 11) is -2.04. The van der Waals surface area contributed by atoms with Crippen LogP contribution in [0, 0.1) is 5.82 Å². The molecule has 2 aromatic rings. The largest absolute Gasteiger partial charge is 0.497 e. The van der Waals surface area contributed by atoms with Gasteiger partial charge >= 0.3 is 0 Å². The summed E-state index contributed by atoms with van der Waals surface area (Å²) in [6, 6.07) is 13.9. The summed E-state index contributed by atoms with van der Waals surface area (Å²) < 4.78 is 48.7. The molecule has 0 amide bonds. The van der Waals surface area contributed by atoms with Crippen LogP contribution in [0.25, 0.3) is 0 Å². The van der Waals surface area contributed by atoms with Gasteiger partial charge in [-0.2, -0.15) is 17.0 Å². The lowest BCUT2D eigenvalue weighted by molar-refractivity contribution is 0.299. The molecule has 0 aliphatic carbocycles. The second-order valence-corrected chi connectivity index (χ2v) is 8.92. The van der Waals surface area contributed by atoms with Gasteiger partial charge in [-0.1, -0.05) is 36.8 Å². The van der Waals surface area contributed by atoms with E-state index in [-0.39, 0.29) is 12.4 Å². The van der Waals surface area contributed by atoms with Gasteiger partial charge in [-0.05, 0) is 43.0 Å². The van der Waals surface area contributed by atoms with Crippen LogP contribution in [-0.2, 0) is 23.2 Å². The van der Waals surface area contributed by atoms with Gasteiger partial charge in [-0.15, -0.1) is 0 Å². The van der Waals surface area contributed by atoms with E-state index in [4.69, 9.17) is 4.74 Å². The summed E-state index contributed by atoms with van der Waals surface area (Å²) in [4.78, 5) is 0. The minimum atomic E-state index is -3.65. The molecule has 3 rings (SSSR count). The van der Waals surface area contributed by atoms with E-state index in [1.54, 1.807) is 25.3 Å². The molecule has 1 heterocycles. The van der Waals surface area contributed by atoms with E-state index < -0.39 is 10.2 Å². The van der Waals surface area contributed by atoms with Crippen molar-refractivity contribution in [3.05, 3.63) is 65.5 Å². The van der Waals surface area contributed by atoms with Gasteiger partial charge < -0.3 is 4.74 Å². The van der Waals surface area contributed by atoms with Crippen LogP contribution >= 0.6 is 0 Å². The Labute approximate surface area is 166 Å². The second kappa shape index (κ2) is 9.49. The Balaban J connectivity index is 1.79. The zero-order valence-corrected chi connectivity index (χ0v) is 17.0. The molecule has 1 saturated heterocycles. The highest BCUT2D eigenvalue weighted by molar-refractivity contribution is 7.86. The molecule has 0 unspecified atom stereocenters. The van der Waals surface area contributed by atoms with Gasteiger partial charge in [0.15, 0.2) is 0 Å². The first kappa shape index (κ1) is 20.8. The maximum absolute atomic E-state index is 14.2. The van der Waals surface area contributed by atoms with Crippen molar-refractivity contribution in [3.8, 4) is 5.75 Å². The Morgan fingerprint density at radius 1 is 1.04 bits per heavy atom. The quantitative estimate of drug-likeness (QED) is 0.673. The van der Waals surface area contributed by atoms with Gasteiger partial charge in [0.25, 0.3) is 10.2 Å². The Morgan fingerprint density at radius 3 is 2.36 bits per heavy atom. The molecular formula is C21H27FN2O3S. The van der Waals surface area contributed by atoms with Gasteiger partial charge in [0.1, 0.15) is 11.6 Å². The van der Waals surface area contributed by atoms with E-state index in [1.807, 2.05) is 24.3 Å². The van der Waals surface area contributed by atoms with E-state index in [2.05, 4.69) is 0 Å². The third-order valence-corrected chi connectivity index (χ3v) is 7.06. The average Bonchev–Trinajstić information content (AvgIpc) is 2.73. The lowest BCUT2D eigenvalue weighted by atomic mass is 10.1. The zero-order valence-electron chi connectivity index (χ0n) is 16.2. The van der Waals surface area contributed by atoms with Crippen molar-refractivity contribution in [3.63, 3.8) is 0 Å². The fourth-order valence-electron chi connectivity index (χ4n) is 3.40. The Kier molecular flexibility index (Phi) is 7.04. The first-order valence-electron chi connectivity index (χ1n) is 9.62. The average molecular weight is 407 g/mol. The number of rotatable bonds is 8. The van der Waals surface area contributed by atoms with E-state index in [0.29, 0.717) is 31.6 Å². The molecule has 0 bridgehead atoms. The maximum Gasteiger partial charge on any atom is 0.282 e. The van der Waals surface area contributed by atoms with Crippen molar-refractivity contribution < 1.29 is 17.5 Å². The van der Waals surface area contributed by atoms with Crippen molar-refractivity contribution in [2.45, 2.75) is 32.2 Å². The molecule has 1 aliphatic rings. The van der Waals surface area contributed by atoms with Crippen LogP contribution in [0.2, 0.25) is 0 Å². The highest BCUT2D eigenvalue weighted by Gasteiger charge is 2.31. The van der Waals surface area contributed by atoms with Crippen LogP contribution in [0.15, 0.2) is 48.5 Å². The monoisotopic (exact) mass is 406 g/mol. The van der Waals surface area contributed by atoms with Gasteiger partial charge in [0.05, 0.1) is 7.11 Å². The van der Waals surface area contributed by atoms with Gasteiger partial charge in [-0.3, -0.25) is 0 Å². The minimum absolute atomic E-state index is 0.0294. The minimum Gasteiger partial charge on any atom is -0.497 e. The van der Waals surface area contributed by atoms with Crippen LogP contribution in [0.3, 0.4) is 0 Å². The summed E-state index contributed by atoms with van der Waals surface area (Å²) in [6.45, 7) is 1.37. The zero-order chi connectivity index (χ0) is 20.0. The lowest BCUT2D eigenvalue weighted by Gasteiger charge is -2.32. The summed E-state index contributed by atoms with van der Waals surface area (Å²) in [5.41, 5.74) is 1.39. The fourth-order valence-corrected chi connectivity index (χ4v) is 5.07. The van der Waals surface area contributed by atoms with E-state index in [9.17, 15) is 12.8 Å². The van der Waals surface area contributed by atoms with Crippen molar-refractivity contribution in [2.75, 3.05) is 26.7 Å². The van der Waals surface area contributed by atoms with Crippen LogP contribution < -0.4 is 4.74 Å². The Bertz CT molecular complexity index is 865. The number of piperidine rings is 1. The smallest absolute Gasteiger partial charge is 0.282 e. The second-order valence-electron chi connectivity index (χ2n) is 6.99. The molecule has 0 aromatic heterocycles. The third-order valence-electron chi connectivity index (χ3n) is 5.08. The summed E-state index contributed by atoms with van der Waals surface area (Å²) in [5, 5.41) is 0. The van der Waals surface area contributed by atoms with E-state index >= 15 is 0 Å². The normalized spacial score (nSPS) is 15.7. The summed E-state index contributed by atoms with van der Waals surface area (Å²) >= 11 is 0. The predicted octanol–water partition coefficient (Wildman–Crippen LogP) is 3.61. The van der Waals surface area contributed by atoms with Crippen molar-refractivity contribution in [1.82, 2.24) is 8.61 Å². The number of methoxy groups -OCH3 is 1. The van der Waals surface area contributed by atoms with Gasteiger partial charge in [0.2, 0.25) is 0 Å². The molecule has 0 N–H and O–H groups in total. The van der Waals surface area contributed by atoms with Crippen LogP contribution in [0.1, 0.15) is 30.4 Å². The predicted molar refractivity (Wildman–Crippen MR) is 108 cm³/mol. The topological polar surface area (TPSA) is 49.9 Å². The first-order chi connectivity index (χ1) is 13.5. The number of ether oxygens (including phenoxy) is 1. The first-order valence-corrected chi connectivity index (χ1v) is 11.0. The molecule has 0 spiro atoms. The number of benzene rings is 2. The SMILES string of the molecule is COc1ccc(CCN(Cc2ccccc2F)S(=O)(=O)N2CCCCC2)cc1. The summed E-state index contributed by atoms with van der Waals surface area (Å²) in [6.07, 6.45) is 3.33. The Hall–Kier alpha value is -1.96. The fraction of sp³-hybridized carbons (Fsp3) is 0.429. The van der Waals surface area contributed by atoms with Gasteiger partial charge in [-0.25, -0.2) is 4.39 Å². The lowest BCUT2D eigenvalue weighted by Crippen LogP contribution is -2.46. The standard InChI is InChI=1S/C21H27FN2O3S/c1-27-20-11-9-18(10-12-20)13-16-24(17-19-7-3-4-8-21(19)22)28(25,26)23-14-5-2-6-15-23/h3-4,7-12H,2,5-6,13-17H2,1H3. The van der Waals surface area contributed by atoms with Crippen LogP contribution in [0.4, 0.5) is 4.39 Å². The van der Waals surface area contributed by atoms with Crippen molar-refractivity contribution in [1.29, 1.82) is 0 Å².